The Morgan fingerprint density at radius 1 is 0.947 bits per heavy atom. The number of carbonyl (C=O) groups is 2. The summed E-state index contributed by atoms with van der Waals surface area (Å²) in [6.07, 6.45) is -11.4. The van der Waals surface area contributed by atoms with E-state index in [-0.39, 0.29) is 0 Å². The van der Waals surface area contributed by atoms with Crippen LogP contribution in [0.5, 0.6) is 0 Å². The second-order valence-electron chi connectivity index (χ2n) is 2.41. The van der Waals surface area contributed by atoms with Gasteiger partial charge in [-0.3, -0.25) is 0 Å². The standard InChI is InChI=1S/C4H5F3O3.C4H6F2O3/c1-9-4(8)10-3(7)2(5)6;1-8-4(7)9-2-3(5)6/h2-3H,1H3;3H,2H2,1H3. The van der Waals surface area contributed by atoms with Gasteiger partial charge in [-0.15, -0.1) is 0 Å². The number of alkyl halides is 5. The molecule has 0 fully saturated rings. The van der Waals surface area contributed by atoms with Crippen molar-refractivity contribution < 1.29 is 50.5 Å². The number of carbonyl (C=O) groups excluding carboxylic acids is 2. The van der Waals surface area contributed by atoms with E-state index in [9.17, 15) is 31.5 Å². The first-order chi connectivity index (χ1) is 8.74. The fraction of sp³-hybridized carbons (Fsp3) is 0.750. The van der Waals surface area contributed by atoms with Crippen molar-refractivity contribution in [1.29, 1.82) is 0 Å². The highest BCUT2D eigenvalue weighted by atomic mass is 19.3. The predicted octanol–water partition coefficient (Wildman–Crippen LogP) is 2.36. The molecule has 11 heteroatoms. The molecule has 0 rings (SSSR count). The van der Waals surface area contributed by atoms with Crippen molar-refractivity contribution >= 4 is 12.3 Å². The zero-order valence-electron chi connectivity index (χ0n) is 9.78. The van der Waals surface area contributed by atoms with Crippen LogP contribution in [0.1, 0.15) is 0 Å². The lowest BCUT2D eigenvalue weighted by atomic mass is 10.7. The van der Waals surface area contributed by atoms with Gasteiger partial charge in [0.25, 0.3) is 6.43 Å². The minimum atomic E-state index is -3.33. The topological polar surface area (TPSA) is 71.1 Å². The molecule has 0 aliphatic carbocycles. The Hall–Kier alpha value is -1.81. The third-order valence-electron chi connectivity index (χ3n) is 1.07. The quantitative estimate of drug-likeness (QED) is 0.586. The van der Waals surface area contributed by atoms with Crippen LogP contribution in [0.3, 0.4) is 0 Å². The van der Waals surface area contributed by atoms with Gasteiger partial charge in [0.2, 0.25) is 0 Å². The summed E-state index contributed by atoms with van der Waals surface area (Å²) >= 11 is 0. The third-order valence-corrected chi connectivity index (χ3v) is 1.07. The highest BCUT2D eigenvalue weighted by molar-refractivity contribution is 5.59. The molecule has 0 aromatic heterocycles. The molecule has 0 bridgehead atoms. The maximum Gasteiger partial charge on any atom is 0.510 e. The van der Waals surface area contributed by atoms with Gasteiger partial charge in [0.1, 0.15) is 0 Å². The minimum absolute atomic E-state index is 0.889. The zero-order valence-corrected chi connectivity index (χ0v) is 9.78. The van der Waals surface area contributed by atoms with Crippen LogP contribution in [0.4, 0.5) is 31.5 Å². The molecule has 0 aliphatic rings. The SMILES string of the molecule is COC(=O)OC(F)C(F)F.COC(=O)OCC(F)F. The Bertz CT molecular complexity index is 262. The molecule has 0 heterocycles. The van der Waals surface area contributed by atoms with E-state index in [2.05, 4.69) is 18.9 Å². The van der Waals surface area contributed by atoms with Gasteiger partial charge in [-0.05, 0) is 0 Å². The third kappa shape index (κ3) is 14.1. The van der Waals surface area contributed by atoms with E-state index in [0.29, 0.717) is 0 Å². The number of halogens is 5. The van der Waals surface area contributed by atoms with Crippen molar-refractivity contribution in [3.05, 3.63) is 0 Å². The summed E-state index contributed by atoms with van der Waals surface area (Å²) < 4.78 is 71.4. The van der Waals surface area contributed by atoms with E-state index in [4.69, 9.17) is 0 Å². The number of hydrogen-bond acceptors (Lipinski definition) is 6. The molecule has 0 N–H and O–H groups in total. The average molecular weight is 298 g/mol. The summed E-state index contributed by atoms with van der Waals surface area (Å²) in [6.45, 7) is -0.910. The van der Waals surface area contributed by atoms with Crippen molar-refractivity contribution in [3.8, 4) is 0 Å². The van der Waals surface area contributed by atoms with Gasteiger partial charge in [-0.1, -0.05) is 0 Å². The summed E-state index contributed by atoms with van der Waals surface area (Å²) in [7, 11) is 1.94. The minimum Gasteiger partial charge on any atom is -0.438 e. The largest absolute Gasteiger partial charge is 0.510 e. The van der Waals surface area contributed by atoms with E-state index < -0.39 is 38.1 Å². The lowest BCUT2D eigenvalue weighted by molar-refractivity contribution is -0.106. The van der Waals surface area contributed by atoms with Gasteiger partial charge in [0.15, 0.2) is 6.61 Å². The smallest absolute Gasteiger partial charge is 0.438 e. The highest BCUT2D eigenvalue weighted by Gasteiger charge is 2.23. The van der Waals surface area contributed by atoms with E-state index >= 15 is 0 Å². The monoisotopic (exact) mass is 298 g/mol. The lowest BCUT2D eigenvalue weighted by Crippen LogP contribution is -2.20. The summed E-state index contributed by atoms with van der Waals surface area (Å²) in [4.78, 5) is 19.8. The van der Waals surface area contributed by atoms with Crippen LogP contribution in [0, 0.1) is 0 Å². The Kier molecular flexibility index (Phi) is 11.6. The summed E-state index contributed by atoms with van der Waals surface area (Å²) in [5, 5.41) is 0. The average Bonchev–Trinajstić information content (AvgIpc) is 2.36. The zero-order chi connectivity index (χ0) is 15.4. The van der Waals surface area contributed by atoms with Crippen LogP contribution >= 0.6 is 0 Å². The van der Waals surface area contributed by atoms with Gasteiger partial charge in [-0.25, -0.2) is 27.2 Å². The Morgan fingerprint density at radius 3 is 1.74 bits per heavy atom. The van der Waals surface area contributed by atoms with Crippen LogP contribution in [0.25, 0.3) is 0 Å². The summed E-state index contributed by atoms with van der Waals surface area (Å²) in [6, 6.07) is 0. The molecule has 0 radical (unpaired) electrons. The number of hydrogen-bond donors (Lipinski definition) is 0. The van der Waals surface area contributed by atoms with E-state index in [1.807, 2.05) is 0 Å². The molecule has 1 unspecified atom stereocenters. The first kappa shape index (κ1) is 19.5. The van der Waals surface area contributed by atoms with Gasteiger partial charge in [0.05, 0.1) is 14.2 Å². The predicted molar refractivity (Wildman–Crippen MR) is 48.8 cm³/mol. The first-order valence-corrected chi connectivity index (χ1v) is 4.40. The summed E-state index contributed by atoms with van der Waals surface area (Å²) in [5.41, 5.74) is 0. The van der Waals surface area contributed by atoms with Gasteiger partial charge < -0.3 is 18.9 Å². The molecule has 6 nitrogen and oxygen atoms in total. The van der Waals surface area contributed by atoms with E-state index in [0.717, 1.165) is 14.2 Å². The van der Waals surface area contributed by atoms with Crippen molar-refractivity contribution in [1.82, 2.24) is 0 Å². The Balaban J connectivity index is 0. The van der Waals surface area contributed by atoms with Crippen LogP contribution < -0.4 is 0 Å². The van der Waals surface area contributed by atoms with Crippen molar-refractivity contribution in [3.63, 3.8) is 0 Å². The molecule has 0 aromatic carbocycles. The molecule has 1 atom stereocenters. The molecular weight excluding hydrogens is 287 g/mol. The Labute approximate surface area is 104 Å². The molecular formula is C8H11F5O6. The van der Waals surface area contributed by atoms with Crippen molar-refractivity contribution in [2.75, 3.05) is 20.8 Å². The second-order valence-corrected chi connectivity index (χ2v) is 2.41. The second kappa shape index (κ2) is 11.3. The van der Waals surface area contributed by atoms with E-state index in [1.165, 1.54) is 0 Å². The number of ether oxygens (including phenoxy) is 4. The van der Waals surface area contributed by atoms with Crippen molar-refractivity contribution in [2.45, 2.75) is 19.2 Å². The molecule has 0 aliphatic heterocycles. The molecule has 0 spiro atoms. The van der Waals surface area contributed by atoms with Gasteiger partial charge in [0, 0.05) is 0 Å². The fourth-order valence-corrected chi connectivity index (χ4v) is 0.381. The molecule has 19 heavy (non-hydrogen) atoms. The van der Waals surface area contributed by atoms with E-state index in [1.54, 1.807) is 0 Å². The fourth-order valence-electron chi connectivity index (χ4n) is 0.381. The van der Waals surface area contributed by atoms with Gasteiger partial charge >= 0.3 is 25.1 Å². The maximum atomic E-state index is 11.7. The lowest BCUT2D eigenvalue weighted by Gasteiger charge is -2.05. The van der Waals surface area contributed by atoms with Gasteiger partial charge in [-0.2, -0.15) is 4.39 Å². The maximum absolute atomic E-state index is 11.7. The number of methoxy groups -OCH3 is 2. The van der Waals surface area contributed by atoms with Crippen LogP contribution in [0.2, 0.25) is 0 Å². The highest BCUT2D eigenvalue weighted by Crippen LogP contribution is 2.07. The number of rotatable bonds is 4. The summed E-state index contributed by atoms with van der Waals surface area (Å²) in [5.74, 6) is 0. The molecule has 0 saturated carbocycles. The van der Waals surface area contributed by atoms with Crippen LogP contribution in [-0.4, -0.2) is 52.3 Å². The van der Waals surface area contributed by atoms with Crippen LogP contribution in [0.15, 0.2) is 0 Å². The molecule has 114 valence electrons. The first-order valence-electron chi connectivity index (χ1n) is 4.40. The molecule has 0 saturated heterocycles. The molecule has 0 aromatic rings. The van der Waals surface area contributed by atoms with Crippen molar-refractivity contribution in [2.24, 2.45) is 0 Å². The Morgan fingerprint density at radius 2 is 1.42 bits per heavy atom. The molecule has 0 amide bonds. The van der Waals surface area contributed by atoms with Crippen LogP contribution in [-0.2, 0) is 18.9 Å². The normalized spacial score (nSPS) is 11.2.